The summed E-state index contributed by atoms with van der Waals surface area (Å²) < 4.78 is 0. The summed E-state index contributed by atoms with van der Waals surface area (Å²) in [5.74, 6) is 0. The second-order valence-corrected chi connectivity index (χ2v) is 5.37. The van der Waals surface area contributed by atoms with Crippen LogP contribution < -0.4 is 5.32 Å². The number of urea groups is 1. The molecular formula is C12H19N3OS. The maximum absolute atomic E-state index is 11.8. The normalized spacial score (nSPS) is 16.9. The number of thiophene rings is 1. The third kappa shape index (κ3) is 3.12. The molecule has 0 saturated carbocycles. The van der Waals surface area contributed by atoms with E-state index < -0.39 is 0 Å². The Kier molecular flexibility index (Phi) is 3.89. The van der Waals surface area contributed by atoms with E-state index in [0.29, 0.717) is 6.04 Å². The molecule has 1 saturated heterocycles. The van der Waals surface area contributed by atoms with E-state index >= 15 is 0 Å². The van der Waals surface area contributed by atoms with Gasteiger partial charge in [0.15, 0.2) is 0 Å². The number of nitrogens with zero attached hydrogens (tertiary/aromatic N) is 2. The number of hydrogen-bond donors (Lipinski definition) is 1. The van der Waals surface area contributed by atoms with Gasteiger partial charge in [-0.25, -0.2) is 4.79 Å². The van der Waals surface area contributed by atoms with Crippen LogP contribution in [0, 0.1) is 0 Å². The lowest BCUT2D eigenvalue weighted by Gasteiger charge is -2.34. The summed E-state index contributed by atoms with van der Waals surface area (Å²) in [5, 5.41) is 7.71. The van der Waals surface area contributed by atoms with Crippen LogP contribution in [0.2, 0.25) is 0 Å². The highest BCUT2D eigenvalue weighted by molar-refractivity contribution is 7.08. The van der Waals surface area contributed by atoms with Crippen molar-refractivity contribution in [2.45, 2.75) is 18.9 Å². The molecule has 5 heteroatoms. The highest BCUT2D eigenvalue weighted by Crippen LogP contribution is 2.19. The second-order valence-electron chi connectivity index (χ2n) is 4.59. The van der Waals surface area contributed by atoms with Crippen molar-refractivity contribution in [3.8, 4) is 0 Å². The van der Waals surface area contributed by atoms with E-state index in [0.717, 1.165) is 25.9 Å². The van der Waals surface area contributed by atoms with Gasteiger partial charge in [-0.05, 0) is 24.3 Å². The van der Waals surface area contributed by atoms with E-state index in [2.05, 4.69) is 22.1 Å². The molecule has 2 heterocycles. The van der Waals surface area contributed by atoms with Crippen LogP contribution in [0.4, 0.5) is 10.5 Å². The number of hydrogen-bond acceptors (Lipinski definition) is 3. The largest absolute Gasteiger partial charge is 0.382 e. The molecule has 0 radical (unpaired) electrons. The van der Waals surface area contributed by atoms with Crippen molar-refractivity contribution in [2.75, 3.05) is 32.5 Å². The summed E-state index contributed by atoms with van der Waals surface area (Å²) in [6.45, 7) is 1.69. The first kappa shape index (κ1) is 12.2. The Morgan fingerprint density at radius 1 is 1.47 bits per heavy atom. The number of amides is 2. The van der Waals surface area contributed by atoms with Gasteiger partial charge < -0.3 is 15.1 Å². The topological polar surface area (TPSA) is 35.6 Å². The Hall–Kier alpha value is -1.23. The van der Waals surface area contributed by atoms with Crippen molar-refractivity contribution < 1.29 is 4.79 Å². The number of anilines is 1. The number of piperidine rings is 1. The first-order chi connectivity index (χ1) is 8.16. The molecule has 0 bridgehead atoms. The van der Waals surface area contributed by atoms with Crippen LogP contribution in [-0.2, 0) is 0 Å². The predicted molar refractivity (Wildman–Crippen MR) is 71.6 cm³/mol. The Morgan fingerprint density at radius 2 is 2.18 bits per heavy atom. The number of carbonyl (C=O) groups excluding carboxylic acids is 1. The molecule has 1 N–H and O–H groups in total. The highest BCUT2D eigenvalue weighted by atomic mass is 32.1. The average molecular weight is 253 g/mol. The molecule has 0 aromatic carbocycles. The first-order valence-corrected chi connectivity index (χ1v) is 6.86. The quantitative estimate of drug-likeness (QED) is 0.878. The van der Waals surface area contributed by atoms with Crippen molar-refractivity contribution in [3.05, 3.63) is 16.8 Å². The van der Waals surface area contributed by atoms with E-state index in [1.165, 1.54) is 5.69 Å². The summed E-state index contributed by atoms with van der Waals surface area (Å²) in [7, 11) is 3.61. The Bertz CT molecular complexity index is 356. The van der Waals surface area contributed by atoms with Gasteiger partial charge in [-0.1, -0.05) is 0 Å². The lowest BCUT2D eigenvalue weighted by molar-refractivity contribution is 0.158. The van der Waals surface area contributed by atoms with Crippen LogP contribution in [0.3, 0.4) is 0 Å². The molecular weight excluding hydrogens is 234 g/mol. The molecule has 4 nitrogen and oxygen atoms in total. The van der Waals surface area contributed by atoms with Crippen LogP contribution in [0.1, 0.15) is 12.8 Å². The van der Waals surface area contributed by atoms with Gasteiger partial charge in [0.25, 0.3) is 0 Å². The fourth-order valence-electron chi connectivity index (χ4n) is 2.08. The number of rotatable bonds is 2. The third-order valence-electron chi connectivity index (χ3n) is 3.04. The molecule has 94 valence electrons. The van der Waals surface area contributed by atoms with Gasteiger partial charge in [0, 0.05) is 44.3 Å². The summed E-state index contributed by atoms with van der Waals surface area (Å²) >= 11 is 1.70. The number of nitrogens with one attached hydrogen (secondary N) is 1. The molecule has 17 heavy (non-hydrogen) atoms. The third-order valence-corrected chi connectivity index (χ3v) is 3.72. The van der Waals surface area contributed by atoms with E-state index in [9.17, 15) is 4.79 Å². The van der Waals surface area contributed by atoms with Crippen molar-refractivity contribution in [1.29, 1.82) is 0 Å². The second kappa shape index (κ2) is 5.40. The fourth-order valence-corrected chi connectivity index (χ4v) is 2.68. The number of likely N-dealkylation sites (tertiary alicyclic amines) is 1. The Morgan fingerprint density at radius 3 is 2.71 bits per heavy atom. The zero-order chi connectivity index (χ0) is 12.3. The molecule has 0 unspecified atom stereocenters. The molecule has 0 aliphatic carbocycles. The van der Waals surface area contributed by atoms with Gasteiger partial charge in [0.05, 0.1) is 0 Å². The van der Waals surface area contributed by atoms with Crippen molar-refractivity contribution in [3.63, 3.8) is 0 Å². The summed E-state index contributed by atoms with van der Waals surface area (Å²) in [5.41, 5.74) is 1.20. The molecule has 1 aliphatic heterocycles. The predicted octanol–water partition coefficient (Wildman–Crippen LogP) is 2.31. The molecule has 2 amide bonds. The van der Waals surface area contributed by atoms with Gasteiger partial charge in [-0.3, -0.25) is 0 Å². The van der Waals surface area contributed by atoms with Gasteiger partial charge in [-0.2, -0.15) is 11.3 Å². The van der Waals surface area contributed by atoms with E-state index in [1.807, 2.05) is 4.90 Å². The van der Waals surface area contributed by atoms with Crippen LogP contribution in [0.15, 0.2) is 16.8 Å². The maximum atomic E-state index is 11.8. The van der Waals surface area contributed by atoms with Crippen molar-refractivity contribution >= 4 is 23.1 Å². The Labute approximate surface area is 106 Å². The minimum Gasteiger partial charge on any atom is -0.382 e. The molecule has 1 fully saturated rings. The van der Waals surface area contributed by atoms with Crippen LogP contribution in [0.5, 0.6) is 0 Å². The smallest absolute Gasteiger partial charge is 0.319 e. The summed E-state index contributed by atoms with van der Waals surface area (Å²) in [4.78, 5) is 15.3. The lowest BCUT2D eigenvalue weighted by atomic mass is 10.1. The van der Waals surface area contributed by atoms with Gasteiger partial charge in [0.1, 0.15) is 0 Å². The zero-order valence-corrected chi connectivity index (χ0v) is 11.2. The minimum absolute atomic E-state index is 0.124. The average Bonchev–Trinajstić information content (AvgIpc) is 2.82. The molecule has 1 aromatic heterocycles. The molecule has 1 aliphatic rings. The van der Waals surface area contributed by atoms with Crippen LogP contribution in [-0.4, -0.2) is 49.1 Å². The highest BCUT2D eigenvalue weighted by Gasteiger charge is 2.23. The fraction of sp³-hybridized carbons (Fsp3) is 0.583. The SMILES string of the molecule is CN(C)C(=O)N1CCC(Nc2ccsc2)CC1. The molecule has 0 atom stereocenters. The van der Waals surface area contributed by atoms with Gasteiger partial charge >= 0.3 is 6.03 Å². The van der Waals surface area contributed by atoms with E-state index in [4.69, 9.17) is 0 Å². The van der Waals surface area contributed by atoms with Crippen molar-refractivity contribution in [1.82, 2.24) is 9.80 Å². The molecule has 1 aromatic rings. The van der Waals surface area contributed by atoms with Gasteiger partial charge in [-0.15, -0.1) is 0 Å². The maximum Gasteiger partial charge on any atom is 0.319 e. The van der Waals surface area contributed by atoms with E-state index in [1.54, 1.807) is 30.3 Å². The monoisotopic (exact) mass is 253 g/mol. The standard InChI is InChI=1S/C12H19N3OS/c1-14(2)12(16)15-6-3-10(4-7-15)13-11-5-8-17-9-11/h5,8-10,13H,3-4,6-7H2,1-2H3. The minimum atomic E-state index is 0.124. The van der Waals surface area contributed by atoms with Crippen LogP contribution >= 0.6 is 11.3 Å². The first-order valence-electron chi connectivity index (χ1n) is 5.92. The Balaban J connectivity index is 1.80. The van der Waals surface area contributed by atoms with Gasteiger partial charge in [0.2, 0.25) is 0 Å². The van der Waals surface area contributed by atoms with Crippen LogP contribution in [0.25, 0.3) is 0 Å². The zero-order valence-electron chi connectivity index (χ0n) is 10.3. The molecule has 0 spiro atoms. The van der Waals surface area contributed by atoms with E-state index in [-0.39, 0.29) is 6.03 Å². The lowest BCUT2D eigenvalue weighted by Crippen LogP contribution is -2.46. The summed E-state index contributed by atoms with van der Waals surface area (Å²) in [6, 6.07) is 2.72. The van der Waals surface area contributed by atoms with Crippen molar-refractivity contribution in [2.24, 2.45) is 0 Å². The molecule has 2 rings (SSSR count). The number of carbonyl (C=O) groups is 1. The summed E-state index contributed by atoms with van der Waals surface area (Å²) in [6.07, 6.45) is 2.05.